The van der Waals surface area contributed by atoms with Crippen LogP contribution in [0.25, 0.3) is 21.7 Å². The minimum Gasteiger partial charge on any atom is -0.376 e. The third-order valence-electron chi connectivity index (χ3n) is 6.42. The summed E-state index contributed by atoms with van der Waals surface area (Å²) in [5, 5.41) is 3.40. The molecule has 1 aliphatic rings. The average molecular weight is 553 g/mol. The van der Waals surface area contributed by atoms with Crippen molar-refractivity contribution in [3.63, 3.8) is 0 Å². The molecule has 4 aromatic rings. The summed E-state index contributed by atoms with van der Waals surface area (Å²) in [6, 6.07) is 15.8. The van der Waals surface area contributed by atoms with Crippen molar-refractivity contribution in [2.75, 3.05) is 18.9 Å². The van der Waals surface area contributed by atoms with Gasteiger partial charge in [-0.3, -0.25) is 18.7 Å². The third-order valence-corrected chi connectivity index (χ3v) is 8.71. The van der Waals surface area contributed by atoms with E-state index in [0.29, 0.717) is 26.0 Å². The number of thiazole rings is 1. The van der Waals surface area contributed by atoms with Gasteiger partial charge < -0.3 is 10.1 Å². The van der Waals surface area contributed by atoms with Crippen LogP contribution in [-0.4, -0.2) is 45.0 Å². The Morgan fingerprint density at radius 3 is 2.70 bits per heavy atom. The molecule has 1 saturated heterocycles. The van der Waals surface area contributed by atoms with Crippen molar-refractivity contribution in [1.82, 2.24) is 19.4 Å². The van der Waals surface area contributed by atoms with Gasteiger partial charge in [-0.05, 0) is 67.7 Å². The van der Waals surface area contributed by atoms with Crippen molar-refractivity contribution in [1.29, 1.82) is 0 Å². The molecule has 5 rings (SSSR count). The first-order valence-electron chi connectivity index (χ1n) is 12.3. The first-order chi connectivity index (χ1) is 18.0. The maximum absolute atomic E-state index is 13.9. The summed E-state index contributed by atoms with van der Waals surface area (Å²) in [6.45, 7) is 5.30. The van der Waals surface area contributed by atoms with Gasteiger partial charge in [-0.2, -0.15) is 0 Å². The van der Waals surface area contributed by atoms with Gasteiger partial charge in [0.1, 0.15) is 4.70 Å². The highest BCUT2D eigenvalue weighted by molar-refractivity contribution is 7.99. The maximum atomic E-state index is 13.9. The highest BCUT2D eigenvalue weighted by Gasteiger charge is 2.21. The van der Waals surface area contributed by atoms with E-state index in [4.69, 9.17) is 21.9 Å². The number of amides is 1. The number of aromatic nitrogens is 3. The van der Waals surface area contributed by atoms with E-state index in [1.807, 2.05) is 47.9 Å². The SMILES string of the molecule is CCc1ccc(-n2c(=S)sc3c(=O)n(-c4ccccc4C)c(SCC(=O)NC[C@H]4CCCO4)nc32)cc1. The first-order valence-corrected chi connectivity index (χ1v) is 14.5. The molecule has 0 unspecified atom stereocenters. The van der Waals surface area contributed by atoms with Gasteiger partial charge in [-0.15, -0.1) is 0 Å². The van der Waals surface area contributed by atoms with Crippen molar-refractivity contribution in [3.8, 4) is 11.4 Å². The Morgan fingerprint density at radius 2 is 2.00 bits per heavy atom. The van der Waals surface area contributed by atoms with Gasteiger partial charge in [0.05, 0.1) is 17.5 Å². The largest absolute Gasteiger partial charge is 0.376 e. The number of nitrogens with zero attached hydrogens (tertiary/aromatic N) is 3. The van der Waals surface area contributed by atoms with Gasteiger partial charge in [0, 0.05) is 18.8 Å². The van der Waals surface area contributed by atoms with Crippen molar-refractivity contribution in [2.45, 2.75) is 44.4 Å². The monoisotopic (exact) mass is 552 g/mol. The highest BCUT2D eigenvalue weighted by atomic mass is 32.2. The van der Waals surface area contributed by atoms with E-state index >= 15 is 0 Å². The lowest BCUT2D eigenvalue weighted by molar-refractivity contribution is -0.119. The minimum atomic E-state index is -0.193. The van der Waals surface area contributed by atoms with Crippen molar-refractivity contribution in [3.05, 3.63) is 74.0 Å². The fourth-order valence-corrected chi connectivity index (χ4v) is 6.51. The Morgan fingerprint density at radius 1 is 1.22 bits per heavy atom. The van der Waals surface area contributed by atoms with E-state index in [-0.39, 0.29) is 23.3 Å². The fraction of sp³-hybridized carbons (Fsp3) is 0.333. The number of ether oxygens (including phenoxy) is 1. The van der Waals surface area contributed by atoms with E-state index in [1.165, 1.54) is 28.7 Å². The van der Waals surface area contributed by atoms with Gasteiger partial charge >= 0.3 is 0 Å². The summed E-state index contributed by atoms with van der Waals surface area (Å²) in [5.41, 5.74) is 4.07. The molecule has 1 fully saturated rings. The first kappa shape index (κ1) is 25.8. The Kier molecular flexibility index (Phi) is 7.89. The lowest BCUT2D eigenvalue weighted by atomic mass is 10.1. The maximum Gasteiger partial charge on any atom is 0.278 e. The van der Waals surface area contributed by atoms with E-state index < -0.39 is 0 Å². The zero-order valence-electron chi connectivity index (χ0n) is 20.7. The second kappa shape index (κ2) is 11.3. The molecule has 3 heterocycles. The Bertz CT molecular complexity index is 1550. The normalized spacial score (nSPS) is 15.4. The summed E-state index contributed by atoms with van der Waals surface area (Å²) in [6.07, 6.45) is 2.99. The molecule has 192 valence electrons. The van der Waals surface area contributed by atoms with Gasteiger partial charge in [-0.25, -0.2) is 4.98 Å². The minimum absolute atomic E-state index is 0.0721. The Labute approximate surface area is 228 Å². The molecule has 0 aliphatic carbocycles. The van der Waals surface area contributed by atoms with Crippen LogP contribution in [0.5, 0.6) is 0 Å². The summed E-state index contributed by atoms with van der Waals surface area (Å²) < 4.78 is 10.1. The molecule has 37 heavy (non-hydrogen) atoms. The highest BCUT2D eigenvalue weighted by Crippen LogP contribution is 2.28. The number of carbonyl (C=O) groups excluding carboxylic acids is 1. The molecule has 0 radical (unpaired) electrons. The standard InChI is InChI=1S/C27H28N4O3S3/c1-3-18-10-12-19(13-11-18)30-24-23(37-27(30)35)25(33)31(21-9-5-4-7-17(21)2)26(29-24)36-16-22(32)28-15-20-8-6-14-34-20/h4-5,7,9-13,20H,3,6,8,14-16H2,1-2H3,(H,28,32)/t20-/m1/s1. The molecule has 0 spiro atoms. The number of nitrogens with one attached hydrogen (secondary N) is 1. The molecule has 2 aromatic carbocycles. The van der Waals surface area contributed by atoms with Crippen LogP contribution in [0.15, 0.2) is 58.5 Å². The molecule has 1 N–H and O–H groups in total. The molecule has 7 nitrogen and oxygen atoms in total. The molecule has 1 aliphatic heterocycles. The Hall–Kier alpha value is -2.79. The van der Waals surface area contributed by atoms with Gasteiger partial charge in [0.15, 0.2) is 14.8 Å². The number of thioether (sulfide) groups is 1. The van der Waals surface area contributed by atoms with Crippen LogP contribution in [0, 0.1) is 10.9 Å². The smallest absolute Gasteiger partial charge is 0.278 e. The second-order valence-electron chi connectivity index (χ2n) is 8.93. The number of fused-ring (bicyclic) bond motifs is 1. The summed E-state index contributed by atoms with van der Waals surface area (Å²) in [4.78, 5) is 31.5. The number of hydrogen-bond donors (Lipinski definition) is 1. The van der Waals surface area contributed by atoms with Gasteiger partial charge in [0.2, 0.25) is 5.91 Å². The molecular weight excluding hydrogens is 525 g/mol. The van der Waals surface area contributed by atoms with Crippen LogP contribution >= 0.6 is 35.3 Å². The topological polar surface area (TPSA) is 78.2 Å². The zero-order chi connectivity index (χ0) is 25.9. The number of hydrogen-bond acceptors (Lipinski definition) is 7. The molecule has 0 bridgehead atoms. The molecular formula is C27H28N4O3S3. The van der Waals surface area contributed by atoms with Crippen LogP contribution in [0.2, 0.25) is 0 Å². The van der Waals surface area contributed by atoms with Crippen LogP contribution in [0.4, 0.5) is 0 Å². The molecule has 2 aromatic heterocycles. The number of benzene rings is 2. The lowest BCUT2D eigenvalue weighted by Gasteiger charge is -2.15. The number of carbonyl (C=O) groups is 1. The summed E-state index contributed by atoms with van der Waals surface area (Å²) in [5.74, 6) is 0.00979. The van der Waals surface area contributed by atoms with Gasteiger partial charge in [0.25, 0.3) is 5.56 Å². The number of rotatable bonds is 8. The third kappa shape index (κ3) is 5.43. The quantitative estimate of drug-likeness (QED) is 0.183. The average Bonchev–Trinajstić information content (AvgIpc) is 3.54. The van der Waals surface area contributed by atoms with Crippen LogP contribution < -0.4 is 10.9 Å². The molecule has 1 atom stereocenters. The van der Waals surface area contributed by atoms with Crippen LogP contribution in [-0.2, 0) is 16.0 Å². The van der Waals surface area contributed by atoms with Crippen LogP contribution in [0.3, 0.4) is 0 Å². The zero-order valence-corrected chi connectivity index (χ0v) is 23.2. The second-order valence-corrected chi connectivity index (χ2v) is 11.5. The van der Waals surface area contributed by atoms with E-state index in [0.717, 1.165) is 42.8 Å². The van der Waals surface area contributed by atoms with Crippen molar-refractivity contribution < 1.29 is 9.53 Å². The van der Waals surface area contributed by atoms with E-state index in [9.17, 15) is 9.59 Å². The molecule has 10 heteroatoms. The number of para-hydroxylation sites is 1. The lowest BCUT2D eigenvalue weighted by Crippen LogP contribution is -2.33. The van der Waals surface area contributed by atoms with E-state index in [1.54, 1.807) is 4.57 Å². The van der Waals surface area contributed by atoms with Crippen molar-refractivity contribution >= 4 is 51.6 Å². The fourth-order valence-electron chi connectivity index (χ4n) is 4.38. The Balaban J connectivity index is 1.56. The summed E-state index contributed by atoms with van der Waals surface area (Å²) >= 11 is 8.19. The molecule has 1 amide bonds. The molecule has 0 saturated carbocycles. The van der Waals surface area contributed by atoms with Crippen LogP contribution in [0.1, 0.15) is 30.9 Å². The number of aryl methyl sites for hydroxylation is 2. The predicted molar refractivity (Wildman–Crippen MR) is 152 cm³/mol. The van der Waals surface area contributed by atoms with Gasteiger partial charge in [-0.1, -0.05) is 60.4 Å². The van der Waals surface area contributed by atoms with E-state index in [2.05, 4.69) is 24.4 Å². The van der Waals surface area contributed by atoms with Crippen molar-refractivity contribution in [2.24, 2.45) is 0 Å². The summed E-state index contributed by atoms with van der Waals surface area (Å²) in [7, 11) is 0. The predicted octanol–water partition coefficient (Wildman–Crippen LogP) is 5.23.